The molecule has 1 aliphatic heterocycles. The minimum absolute atomic E-state index is 0.00294. The van der Waals surface area contributed by atoms with E-state index in [1.807, 2.05) is 24.3 Å². The molecule has 1 aliphatic rings. The van der Waals surface area contributed by atoms with Crippen molar-refractivity contribution in [1.29, 1.82) is 0 Å². The molecule has 0 aliphatic carbocycles. The third-order valence-corrected chi connectivity index (χ3v) is 6.50. The number of nitrogens with one attached hydrogen (secondary N) is 1. The van der Waals surface area contributed by atoms with Crippen LogP contribution < -0.4 is 14.8 Å². The van der Waals surface area contributed by atoms with Crippen molar-refractivity contribution >= 4 is 51.9 Å². The number of nitrogens with zero attached hydrogens (tertiary/aromatic N) is 2. The van der Waals surface area contributed by atoms with Gasteiger partial charge >= 0.3 is 0 Å². The second kappa shape index (κ2) is 11.3. The largest absolute Gasteiger partial charge is 0.493 e. The van der Waals surface area contributed by atoms with Crippen LogP contribution in [0.5, 0.6) is 11.5 Å². The number of nitro benzene ring substituents is 1. The van der Waals surface area contributed by atoms with Crippen molar-refractivity contribution in [2.45, 2.75) is 20.0 Å². The van der Waals surface area contributed by atoms with Crippen LogP contribution in [0.3, 0.4) is 0 Å². The number of hydrogen-bond acceptors (Lipinski definition) is 7. The highest BCUT2D eigenvalue weighted by Crippen LogP contribution is 2.38. The van der Waals surface area contributed by atoms with Gasteiger partial charge in [0.05, 0.1) is 27.6 Å². The minimum Gasteiger partial charge on any atom is -0.493 e. The average molecular weight is 524 g/mol. The van der Waals surface area contributed by atoms with Crippen LogP contribution in [0.25, 0.3) is 6.08 Å². The number of nitro groups is 1. The van der Waals surface area contributed by atoms with Crippen molar-refractivity contribution in [2.24, 2.45) is 4.99 Å². The number of amides is 1. The Kier molecular flexibility index (Phi) is 7.92. The van der Waals surface area contributed by atoms with E-state index in [-0.39, 0.29) is 18.2 Å². The molecule has 1 N–H and O–H groups in total. The molecule has 3 aromatic carbocycles. The van der Waals surface area contributed by atoms with Gasteiger partial charge in [-0.2, -0.15) is 0 Å². The van der Waals surface area contributed by atoms with Gasteiger partial charge in [0.15, 0.2) is 16.7 Å². The summed E-state index contributed by atoms with van der Waals surface area (Å²) in [6.45, 7) is 2.23. The zero-order valence-corrected chi connectivity index (χ0v) is 21.1. The molecule has 0 unspecified atom stereocenters. The Balaban J connectivity index is 1.49. The van der Waals surface area contributed by atoms with Gasteiger partial charge in [0.25, 0.3) is 11.6 Å². The lowest BCUT2D eigenvalue weighted by molar-refractivity contribution is -0.384. The molecule has 0 bridgehead atoms. The monoisotopic (exact) mass is 523 g/mol. The standard InChI is InChI=1S/C26H22ClN3O5S/c1-3-16-4-8-19(9-5-16)28-26-29-25(31)23(36-26)14-18-12-21(27)24(22(13-18)34-2)35-15-17-6-10-20(11-7-17)30(32)33/h4-14H,3,15H2,1-2H3,(H,28,29,31)/b23-14-. The maximum absolute atomic E-state index is 12.5. The number of amidine groups is 1. The zero-order valence-electron chi connectivity index (χ0n) is 19.5. The quantitative estimate of drug-likeness (QED) is 0.211. The van der Waals surface area contributed by atoms with Gasteiger partial charge < -0.3 is 14.8 Å². The SMILES string of the molecule is CCc1ccc(N=C2NC(=O)/C(=C/c3cc(Cl)c(OCc4ccc([N+](=O)[O-])cc4)c(OC)c3)S2)cc1. The lowest BCUT2D eigenvalue weighted by Gasteiger charge is -2.13. The Labute approximate surface area is 217 Å². The first-order valence-electron chi connectivity index (χ1n) is 11.0. The highest BCUT2D eigenvalue weighted by atomic mass is 35.5. The maximum Gasteiger partial charge on any atom is 0.269 e. The van der Waals surface area contributed by atoms with Crippen LogP contribution in [0.4, 0.5) is 11.4 Å². The Morgan fingerprint density at radius 1 is 1.11 bits per heavy atom. The highest BCUT2D eigenvalue weighted by Gasteiger charge is 2.24. The zero-order chi connectivity index (χ0) is 25.7. The number of thioether (sulfide) groups is 1. The van der Waals surface area contributed by atoms with Crippen molar-refractivity contribution in [1.82, 2.24) is 5.32 Å². The minimum atomic E-state index is -0.459. The number of non-ortho nitro benzene ring substituents is 1. The number of carbonyl (C=O) groups is 1. The molecule has 1 saturated heterocycles. The van der Waals surface area contributed by atoms with E-state index < -0.39 is 4.92 Å². The number of ether oxygens (including phenoxy) is 2. The molecule has 3 aromatic rings. The van der Waals surface area contributed by atoms with Gasteiger partial charge in [-0.25, -0.2) is 4.99 Å². The molecular weight excluding hydrogens is 502 g/mol. The van der Waals surface area contributed by atoms with Crippen LogP contribution in [0.1, 0.15) is 23.6 Å². The van der Waals surface area contributed by atoms with E-state index in [0.29, 0.717) is 32.2 Å². The van der Waals surface area contributed by atoms with Crippen molar-refractivity contribution in [2.75, 3.05) is 7.11 Å². The summed E-state index contributed by atoms with van der Waals surface area (Å²) < 4.78 is 11.3. The Morgan fingerprint density at radius 2 is 1.81 bits per heavy atom. The van der Waals surface area contributed by atoms with Gasteiger partial charge in [-0.3, -0.25) is 14.9 Å². The summed E-state index contributed by atoms with van der Waals surface area (Å²) in [6.07, 6.45) is 2.65. The number of rotatable bonds is 8. The van der Waals surface area contributed by atoms with E-state index in [4.69, 9.17) is 21.1 Å². The summed E-state index contributed by atoms with van der Waals surface area (Å²) in [7, 11) is 1.49. The molecule has 1 amide bonds. The van der Waals surface area contributed by atoms with Crippen LogP contribution >= 0.6 is 23.4 Å². The first-order valence-corrected chi connectivity index (χ1v) is 12.2. The predicted molar refractivity (Wildman–Crippen MR) is 142 cm³/mol. The van der Waals surface area contributed by atoms with E-state index in [1.165, 1.54) is 36.6 Å². The molecule has 184 valence electrons. The number of aliphatic imine (C=N–C) groups is 1. The fraction of sp³-hybridized carbons (Fsp3) is 0.154. The van der Waals surface area contributed by atoms with Crippen LogP contribution in [0.2, 0.25) is 5.02 Å². The van der Waals surface area contributed by atoms with E-state index in [1.54, 1.807) is 30.3 Å². The third-order valence-electron chi connectivity index (χ3n) is 5.31. The molecule has 4 rings (SSSR count). The van der Waals surface area contributed by atoms with Gasteiger partial charge in [0.1, 0.15) is 6.61 Å². The summed E-state index contributed by atoms with van der Waals surface area (Å²) in [5.41, 5.74) is 3.37. The molecule has 0 aromatic heterocycles. The first-order chi connectivity index (χ1) is 17.4. The van der Waals surface area contributed by atoms with Crippen molar-refractivity contribution in [3.8, 4) is 11.5 Å². The van der Waals surface area contributed by atoms with E-state index >= 15 is 0 Å². The summed E-state index contributed by atoms with van der Waals surface area (Å²) in [5.74, 6) is 0.475. The molecule has 1 heterocycles. The molecule has 8 nitrogen and oxygen atoms in total. The molecule has 0 spiro atoms. The lowest BCUT2D eigenvalue weighted by Crippen LogP contribution is -2.19. The van der Waals surface area contributed by atoms with Crippen LogP contribution in [0.15, 0.2) is 70.6 Å². The van der Waals surface area contributed by atoms with Gasteiger partial charge in [-0.15, -0.1) is 0 Å². The normalized spacial score (nSPS) is 15.2. The summed E-state index contributed by atoms with van der Waals surface area (Å²) >= 11 is 7.71. The Bertz CT molecular complexity index is 1360. The number of halogens is 1. The van der Waals surface area contributed by atoms with Crippen LogP contribution in [0, 0.1) is 10.1 Å². The smallest absolute Gasteiger partial charge is 0.269 e. The molecule has 0 saturated carbocycles. The van der Waals surface area contributed by atoms with Crippen LogP contribution in [-0.4, -0.2) is 23.1 Å². The number of hydrogen-bond donors (Lipinski definition) is 1. The fourth-order valence-corrected chi connectivity index (χ4v) is 4.50. The van der Waals surface area contributed by atoms with Gasteiger partial charge in [0.2, 0.25) is 0 Å². The second-order valence-electron chi connectivity index (χ2n) is 7.75. The third kappa shape index (κ3) is 6.05. The first kappa shape index (κ1) is 25.3. The van der Waals surface area contributed by atoms with Crippen molar-refractivity contribution in [3.63, 3.8) is 0 Å². The summed E-state index contributed by atoms with van der Waals surface area (Å²) in [6, 6.07) is 17.3. The topological polar surface area (TPSA) is 103 Å². The van der Waals surface area contributed by atoms with E-state index in [9.17, 15) is 14.9 Å². The Morgan fingerprint density at radius 3 is 2.44 bits per heavy atom. The predicted octanol–water partition coefficient (Wildman–Crippen LogP) is 6.29. The van der Waals surface area contributed by atoms with Gasteiger partial charge in [0, 0.05) is 12.1 Å². The molecule has 10 heteroatoms. The number of aryl methyl sites for hydroxylation is 1. The molecule has 0 radical (unpaired) electrons. The Hall–Kier alpha value is -3.82. The average Bonchev–Trinajstić information content (AvgIpc) is 3.21. The fourth-order valence-electron chi connectivity index (χ4n) is 3.39. The molecule has 0 atom stereocenters. The van der Waals surface area contributed by atoms with Crippen LogP contribution in [-0.2, 0) is 17.8 Å². The molecular formula is C26H22ClN3O5S. The van der Waals surface area contributed by atoms with Gasteiger partial charge in [-0.05, 0) is 77.3 Å². The van der Waals surface area contributed by atoms with E-state index in [2.05, 4.69) is 17.2 Å². The number of methoxy groups -OCH3 is 1. The van der Waals surface area contributed by atoms with Crippen molar-refractivity contribution < 1.29 is 19.2 Å². The van der Waals surface area contributed by atoms with E-state index in [0.717, 1.165) is 17.7 Å². The van der Waals surface area contributed by atoms with Gasteiger partial charge in [-0.1, -0.05) is 30.7 Å². The second-order valence-corrected chi connectivity index (χ2v) is 9.19. The summed E-state index contributed by atoms with van der Waals surface area (Å²) in [4.78, 5) is 27.8. The maximum atomic E-state index is 12.5. The molecule has 36 heavy (non-hydrogen) atoms. The lowest BCUT2D eigenvalue weighted by atomic mass is 10.1. The number of benzene rings is 3. The van der Waals surface area contributed by atoms with Crippen molar-refractivity contribution in [3.05, 3.63) is 97.4 Å². The number of carbonyl (C=O) groups excluding carboxylic acids is 1. The summed E-state index contributed by atoms with van der Waals surface area (Å²) in [5, 5.41) is 14.4. The molecule has 1 fully saturated rings. The highest BCUT2D eigenvalue weighted by molar-refractivity contribution is 8.18.